The first-order chi connectivity index (χ1) is 6.79. The van der Waals surface area contributed by atoms with Gasteiger partial charge in [-0.25, -0.2) is 13.1 Å². The van der Waals surface area contributed by atoms with Crippen molar-refractivity contribution in [2.45, 2.75) is 38.9 Å². The molecule has 0 heterocycles. The molecule has 5 nitrogen and oxygen atoms in total. The summed E-state index contributed by atoms with van der Waals surface area (Å²) in [6.45, 7) is 6.66. The highest BCUT2D eigenvalue weighted by molar-refractivity contribution is 7.91. The number of rotatable bonds is 6. The molecule has 0 unspecified atom stereocenters. The Bertz CT molecular complexity index is 308. The molecule has 0 aromatic heterocycles. The zero-order chi connectivity index (χ0) is 12.1. The SMILES string of the molecule is CCCNS(=O)(=O)C(C)(C)C(=O)OCC. The maximum absolute atomic E-state index is 11.7. The number of carbonyl (C=O) groups is 1. The van der Waals surface area contributed by atoms with Crippen LogP contribution in [0.25, 0.3) is 0 Å². The topological polar surface area (TPSA) is 72.5 Å². The van der Waals surface area contributed by atoms with Gasteiger partial charge in [0.25, 0.3) is 0 Å². The van der Waals surface area contributed by atoms with E-state index in [0.29, 0.717) is 13.0 Å². The van der Waals surface area contributed by atoms with E-state index in [9.17, 15) is 13.2 Å². The molecule has 6 heteroatoms. The van der Waals surface area contributed by atoms with E-state index in [-0.39, 0.29) is 6.61 Å². The Kier molecular flexibility index (Phi) is 5.23. The standard InChI is InChI=1S/C9H19NO4S/c1-5-7-10-15(12,13)9(3,4)8(11)14-6-2/h10H,5-7H2,1-4H3. The molecule has 0 saturated heterocycles. The molecular formula is C9H19NO4S. The first-order valence-electron chi connectivity index (χ1n) is 4.96. The van der Waals surface area contributed by atoms with Crippen molar-refractivity contribution < 1.29 is 17.9 Å². The summed E-state index contributed by atoms with van der Waals surface area (Å²) in [4.78, 5) is 11.4. The van der Waals surface area contributed by atoms with Crippen molar-refractivity contribution in [2.75, 3.05) is 13.2 Å². The number of hydrogen-bond donors (Lipinski definition) is 1. The number of esters is 1. The van der Waals surface area contributed by atoms with Crippen molar-refractivity contribution in [1.82, 2.24) is 4.72 Å². The van der Waals surface area contributed by atoms with Crippen LogP contribution in [0.2, 0.25) is 0 Å². The van der Waals surface area contributed by atoms with Crippen molar-refractivity contribution in [3.8, 4) is 0 Å². The molecule has 0 fully saturated rings. The van der Waals surface area contributed by atoms with Crippen molar-refractivity contribution in [2.24, 2.45) is 0 Å². The summed E-state index contributed by atoms with van der Waals surface area (Å²) in [5, 5.41) is 0. The van der Waals surface area contributed by atoms with Gasteiger partial charge in [0.1, 0.15) is 0 Å². The zero-order valence-electron chi connectivity index (χ0n) is 9.66. The van der Waals surface area contributed by atoms with E-state index in [1.165, 1.54) is 13.8 Å². The summed E-state index contributed by atoms with van der Waals surface area (Å²) in [6.07, 6.45) is 0.679. The van der Waals surface area contributed by atoms with E-state index in [4.69, 9.17) is 4.74 Å². The average molecular weight is 237 g/mol. The predicted octanol–water partition coefficient (Wildman–Crippen LogP) is 0.657. The summed E-state index contributed by atoms with van der Waals surface area (Å²) in [5.74, 6) is -0.728. The number of ether oxygens (including phenoxy) is 1. The Morgan fingerprint density at radius 3 is 2.27 bits per heavy atom. The lowest BCUT2D eigenvalue weighted by Gasteiger charge is -2.22. The van der Waals surface area contributed by atoms with Gasteiger partial charge < -0.3 is 4.74 Å². The number of nitrogens with one attached hydrogen (secondary N) is 1. The minimum absolute atomic E-state index is 0.172. The Hall–Kier alpha value is -0.620. The molecule has 0 bridgehead atoms. The fourth-order valence-corrected chi connectivity index (χ4v) is 1.94. The third-order valence-electron chi connectivity index (χ3n) is 1.98. The summed E-state index contributed by atoms with van der Waals surface area (Å²) >= 11 is 0. The van der Waals surface area contributed by atoms with Crippen LogP contribution >= 0.6 is 0 Å². The lowest BCUT2D eigenvalue weighted by molar-refractivity contribution is -0.145. The molecule has 0 aliphatic heterocycles. The monoisotopic (exact) mass is 237 g/mol. The molecule has 0 rings (SSSR count). The number of carbonyl (C=O) groups excluding carboxylic acids is 1. The van der Waals surface area contributed by atoms with E-state index in [0.717, 1.165) is 0 Å². The Morgan fingerprint density at radius 2 is 1.87 bits per heavy atom. The Balaban J connectivity index is 4.77. The third kappa shape index (κ3) is 3.46. The van der Waals surface area contributed by atoms with E-state index in [1.54, 1.807) is 6.92 Å². The second-order valence-corrected chi connectivity index (χ2v) is 5.94. The van der Waals surface area contributed by atoms with Gasteiger partial charge in [0.05, 0.1) is 6.61 Å². The minimum Gasteiger partial charge on any atom is -0.465 e. The van der Waals surface area contributed by atoms with Gasteiger partial charge in [0, 0.05) is 6.54 Å². The molecular weight excluding hydrogens is 218 g/mol. The number of sulfonamides is 1. The van der Waals surface area contributed by atoms with E-state index in [1.807, 2.05) is 6.92 Å². The van der Waals surface area contributed by atoms with E-state index >= 15 is 0 Å². The maximum Gasteiger partial charge on any atom is 0.328 e. The van der Waals surface area contributed by atoms with Gasteiger partial charge in [-0.2, -0.15) is 0 Å². The predicted molar refractivity (Wildman–Crippen MR) is 57.9 cm³/mol. The summed E-state index contributed by atoms with van der Waals surface area (Å²) in [7, 11) is -3.67. The highest BCUT2D eigenvalue weighted by Gasteiger charge is 2.42. The van der Waals surface area contributed by atoms with Crippen LogP contribution in [-0.4, -0.2) is 32.3 Å². The van der Waals surface area contributed by atoms with Gasteiger partial charge >= 0.3 is 5.97 Å². The molecule has 0 saturated carbocycles. The summed E-state index contributed by atoms with van der Waals surface area (Å²) < 4.78 is 29.0. The van der Waals surface area contributed by atoms with Gasteiger partial charge in [-0.1, -0.05) is 6.92 Å². The smallest absolute Gasteiger partial charge is 0.328 e. The largest absolute Gasteiger partial charge is 0.465 e. The van der Waals surface area contributed by atoms with Crippen LogP contribution in [0, 0.1) is 0 Å². The molecule has 15 heavy (non-hydrogen) atoms. The molecule has 90 valence electrons. The second-order valence-electron chi connectivity index (χ2n) is 3.63. The first kappa shape index (κ1) is 14.4. The fraction of sp³-hybridized carbons (Fsp3) is 0.889. The minimum atomic E-state index is -3.67. The zero-order valence-corrected chi connectivity index (χ0v) is 10.5. The summed E-state index contributed by atoms with van der Waals surface area (Å²) in [6, 6.07) is 0. The normalized spacial score (nSPS) is 12.5. The average Bonchev–Trinajstić information content (AvgIpc) is 2.15. The molecule has 0 aromatic carbocycles. The van der Waals surface area contributed by atoms with E-state index < -0.39 is 20.7 Å². The second kappa shape index (κ2) is 5.46. The molecule has 0 aromatic rings. The highest BCUT2D eigenvalue weighted by Crippen LogP contribution is 2.16. The third-order valence-corrected chi connectivity index (χ3v) is 4.08. The first-order valence-corrected chi connectivity index (χ1v) is 6.44. The van der Waals surface area contributed by atoms with Gasteiger partial charge in [-0.15, -0.1) is 0 Å². The molecule has 0 radical (unpaired) electrons. The maximum atomic E-state index is 11.7. The fourth-order valence-electron chi connectivity index (χ4n) is 0.831. The van der Waals surface area contributed by atoms with Crippen molar-refractivity contribution >= 4 is 16.0 Å². The molecule has 0 aliphatic rings. The van der Waals surface area contributed by atoms with Gasteiger partial charge in [0.15, 0.2) is 4.75 Å². The Labute approximate surface area is 91.2 Å². The van der Waals surface area contributed by atoms with E-state index in [2.05, 4.69) is 4.72 Å². The van der Waals surface area contributed by atoms with Gasteiger partial charge in [-0.3, -0.25) is 4.79 Å². The molecule has 0 atom stereocenters. The van der Waals surface area contributed by atoms with Crippen molar-refractivity contribution in [3.63, 3.8) is 0 Å². The van der Waals surface area contributed by atoms with Crippen LogP contribution < -0.4 is 4.72 Å². The van der Waals surface area contributed by atoms with Gasteiger partial charge in [0.2, 0.25) is 10.0 Å². The van der Waals surface area contributed by atoms with Crippen molar-refractivity contribution in [1.29, 1.82) is 0 Å². The highest BCUT2D eigenvalue weighted by atomic mass is 32.2. The van der Waals surface area contributed by atoms with Gasteiger partial charge in [-0.05, 0) is 27.2 Å². The van der Waals surface area contributed by atoms with Crippen LogP contribution in [0.4, 0.5) is 0 Å². The molecule has 0 spiro atoms. The van der Waals surface area contributed by atoms with Crippen LogP contribution in [-0.2, 0) is 19.6 Å². The van der Waals surface area contributed by atoms with Crippen LogP contribution in [0.5, 0.6) is 0 Å². The lowest BCUT2D eigenvalue weighted by atomic mass is 10.2. The van der Waals surface area contributed by atoms with Crippen molar-refractivity contribution in [3.05, 3.63) is 0 Å². The Morgan fingerprint density at radius 1 is 1.33 bits per heavy atom. The number of hydrogen-bond acceptors (Lipinski definition) is 4. The molecule has 0 aliphatic carbocycles. The quantitative estimate of drug-likeness (QED) is 0.689. The van der Waals surface area contributed by atoms with Crippen LogP contribution in [0.3, 0.4) is 0 Å². The molecule has 1 N–H and O–H groups in total. The lowest BCUT2D eigenvalue weighted by Crippen LogP contribution is -2.48. The summed E-state index contributed by atoms with van der Waals surface area (Å²) in [5.41, 5.74) is 0. The van der Waals surface area contributed by atoms with Crippen LogP contribution in [0.1, 0.15) is 34.1 Å². The van der Waals surface area contributed by atoms with Crippen LogP contribution in [0.15, 0.2) is 0 Å². The molecule has 0 amide bonds.